The van der Waals surface area contributed by atoms with E-state index in [4.69, 9.17) is 9.47 Å². The lowest BCUT2D eigenvalue weighted by Gasteiger charge is -2.27. The van der Waals surface area contributed by atoms with Gasteiger partial charge in [0.05, 0.1) is 29.2 Å². The van der Waals surface area contributed by atoms with Crippen LogP contribution in [0.5, 0.6) is 11.5 Å². The standard InChI is InChI=1S/C18H19N3O3/c1-12-10-19-11-14(20-12)15-5-3-7-21(15)18(22)13-4-2-6-16-17(13)24-9-8-23-16/h2,4,6,10-11,15H,3,5,7-9H2,1H3/t15-/m0/s1. The molecule has 1 aromatic carbocycles. The molecule has 0 saturated carbocycles. The van der Waals surface area contributed by atoms with Gasteiger partial charge in [0.1, 0.15) is 13.2 Å². The molecule has 3 heterocycles. The summed E-state index contributed by atoms with van der Waals surface area (Å²) in [5.41, 5.74) is 2.27. The minimum absolute atomic E-state index is 0.0368. The van der Waals surface area contributed by atoms with Crippen LogP contribution < -0.4 is 9.47 Å². The maximum Gasteiger partial charge on any atom is 0.258 e. The van der Waals surface area contributed by atoms with Gasteiger partial charge in [-0.2, -0.15) is 0 Å². The number of fused-ring (bicyclic) bond motifs is 1. The maximum absolute atomic E-state index is 13.1. The van der Waals surface area contributed by atoms with Crippen molar-refractivity contribution >= 4 is 5.91 Å². The molecule has 1 saturated heterocycles. The van der Waals surface area contributed by atoms with E-state index in [1.165, 1.54) is 0 Å². The fourth-order valence-electron chi connectivity index (χ4n) is 3.36. The summed E-state index contributed by atoms with van der Waals surface area (Å²) in [6.45, 7) is 3.60. The van der Waals surface area contributed by atoms with Gasteiger partial charge in [-0.3, -0.25) is 14.8 Å². The van der Waals surface area contributed by atoms with Gasteiger partial charge in [0.25, 0.3) is 5.91 Å². The van der Waals surface area contributed by atoms with Gasteiger partial charge in [0, 0.05) is 12.7 Å². The number of likely N-dealkylation sites (tertiary alicyclic amines) is 1. The fraction of sp³-hybridized carbons (Fsp3) is 0.389. The number of carbonyl (C=O) groups is 1. The molecule has 0 radical (unpaired) electrons. The van der Waals surface area contributed by atoms with Crippen LogP contribution in [-0.4, -0.2) is 40.5 Å². The Balaban J connectivity index is 1.67. The first-order chi connectivity index (χ1) is 11.7. The van der Waals surface area contributed by atoms with E-state index in [9.17, 15) is 4.79 Å². The Labute approximate surface area is 140 Å². The van der Waals surface area contributed by atoms with Gasteiger partial charge in [0.2, 0.25) is 0 Å². The van der Waals surface area contributed by atoms with Crippen LogP contribution in [0, 0.1) is 6.92 Å². The van der Waals surface area contributed by atoms with E-state index in [-0.39, 0.29) is 11.9 Å². The minimum Gasteiger partial charge on any atom is -0.486 e. The average molecular weight is 325 g/mol. The Hall–Kier alpha value is -2.63. The highest BCUT2D eigenvalue weighted by molar-refractivity contribution is 5.98. The molecule has 6 heteroatoms. The molecule has 1 atom stereocenters. The number of aryl methyl sites for hydroxylation is 1. The van der Waals surface area contributed by atoms with Crippen LogP contribution in [0.25, 0.3) is 0 Å². The molecule has 0 unspecified atom stereocenters. The summed E-state index contributed by atoms with van der Waals surface area (Å²) in [5.74, 6) is 1.15. The normalized spacial score (nSPS) is 19.4. The summed E-state index contributed by atoms with van der Waals surface area (Å²) < 4.78 is 11.3. The number of carbonyl (C=O) groups excluding carboxylic acids is 1. The van der Waals surface area contributed by atoms with Crippen LogP contribution >= 0.6 is 0 Å². The first-order valence-corrected chi connectivity index (χ1v) is 8.22. The van der Waals surface area contributed by atoms with E-state index in [1.54, 1.807) is 18.5 Å². The van der Waals surface area contributed by atoms with Gasteiger partial charge >= 0.3 is 0 Å². The second-order valence-corrected chi connectivity index (χ2v) is 6.07. The molecule has 0 N–H and O–H groups in total. The highest BCUT2D eigenvalue weighted by atomic mass is 16.6. The lowest BCUT2D eigenvalue weighted by Crippen LogP contribution is -2.32. The summed E-state index contributed by atoms with van der Waals surface area (Å²) >= 11 is 0. The van der Waals surface area contributed by atoms with Crippen LogP contribution in [-0.2, 0) is 0 Å². The summed E-state index contributed by atoms with van der Waals surface area (Å²) in [5, 5.41) is 0. The van der Waals surface area contributed by atoms with Crippen LogP contribution in [0.2, 0.25) is 0 Å². The van der Waals surface area contributed by atoms with Crippen LogP contribution in [0.3, 0.4) is 0 Å². The zero-order valence-corrected chi connectivity index (χ0v) is 13.6. The number of hydrogen-bond acceptors (Lipinski definition) is 5. The summed E-state index contributed by atoms with van der Waals surface area (Å²) in [6, 6.07) is 5.43. The molecule has 1 fully saturated rings. The summed E-state index contributed by atoms with van der Waals surface area (Å²) in [7, 11) is 0. The topological polar surface area (TPSA) is 64.6 Å². The van der Waals surface area contributed by atoms with E-state index in [0.717, 1.165) is 24.2 Å². The quantitative estimate of drug-likeness (QED) is 0.849. The molecular weight excluding hydrogens is 306 g/mol. The van der Waals surface area contributed by atoms with Gasteiger partial charge in [-0.05, 0) is 31.9 Å². The zero-order valence-electron chi connectivity index (χ0n) is 13.6. The fourth-order valence-corrected chi connectivity index (χ4v) is 3.36. The van der Waals surface area contributed by atoms with Crippen LogP contribution in [0.1, 0.15) is 40.6 Å². The molecule has 24 heavy (non-hydrogen) atoms. The monoisotopic (exact) mass is 325 g/mol. The highest BCUT2D eigenvalue weighted by Gasteiger charge is 2.34. The highest BCUT2D eigenvalue weighted by Crippen LogP contribution is 2.38. The van der Waals surface area contributed by atoms with Crippen molar-refractivity contribution in [1.29, 1.82) is 0 Å². The van der Waals surface area contributed by atoms with E-state index in [0.29, 0.717) is 36.8 Å². The molecular formula is C18H19N3O3. The lowest BCUT2D eigenvalue weighted by molar-refractivity contribution is 0.0722. The summed E-state index contributed by atoms with van der Waals surface area (Å²) in [6.07, 6.45) is 5.33. The molecule has 2 aliphatic heterocycles. The van der Waals surface area contributed by atoms with Crippen molar-refractivity contribution in [3.05, 3.63) is 47.5 Å². The van der Waals surface area contributed by atoms with Crippen molar-refractivity contribution < 1.29 is 14.3 Å². The van der Waals surface area contributed by atoms with E-state index in [2.05, 4.69) is 9.97 Å². The number of hydrogen-bond donors (Lipinski definition) is 0. The smallest absolute Gasteiger partial charge is 0.258 e. The number of ether oxygens (including phenoxy) is 2. The van der Waals surface area contributed by atoms with Crippen LogP contribution in [0.15, 0.2) is 30.6 Å². The molecule has 0 spiro atoms. The SMILES string of the molecule is Cc1cncc([C@@H]2CCCN2C(=O)c2cccc3c2OCCO3)n1. The third kappa shape index (κ3) is 2.58. The predicted octanol–water partition coefficient (Wildman–Crippen LogP) is 2.53. The molecule has 1 aromatic heterocycles. The van der Waals surface area contributed by atoms with Crippen molar-refractivity contribution in [2.75, 3.05) is 19.8 Å². The molecule has 2 aromatic rings. The molecule has 6 nitrogen and oxygen atoms in total. The first-order valence-electron chi connectivity index (χ1n) is 8.22. The van der Waals surface area contributed by atoms with Gasteiger partial charge < -0.3 is 14.4 Å². The zero-order chi connectivity index (χ0) is 16.5. The van der Waals surface area contributed by atoms with Gasteiger partial charge in [-0.1, -0.05) is 6.07 Å². The third-order valence-electron chi connectivity index (χ3n) is 4.43. The number of para-hydroxylation sites is 1. The van der Waals surface area contributed by atoms with Crippen LogP contribution in [0.4, 0.5) is 0 Å². The Kier molecular flexibility index (Phi) is 3.80. The van der Waals surface area contributed by atoms with Gasteiger partial charge in [0.15, 0.2) is 11.5 Å². The second-order valence-electron chi connectivity index (χ2n) is 6.07. The Bertz CT molecular complexity index is 778. The molecule has 0 aliphatic carbocycles. The first kappa shape index (κ1) is 14.9. The van der Waals surface area contributed by atoms with Crippen molar-refractivity contribution in [2.24, 2.45) is 0 Å². The Morgan fingerprint density at radius 3 is 3.00 bits per heavy atom. The Morgan fingerprint density at radius 2 is 2.12 bits per heavy atom. The third-order valence-corrected chi connectivity index (χ3v) is 4.43. The molecule has 2 aliphatic rings. The van der Waals surface area contributed by atoms with Gasteiger partial charge in [-0.15, -0.1) is 0 Å². The van der Waals surface area contributed by atoms with Gasteiger partial charge in [-0.25, -0.2) is 0 Å². The van der Waals surface area contributed by atoms with E-state index >= 15 is 0 Å². The lowest BCUT2D eigenvalue weighted by atomic mass is 10.1. The molecule has 124 valence electrons. The maximum atomic E-state index is 13.1. The van der Waals surface area contributed by atoms with Crippen molar-refractivity contribution in [2.45, 2.75) is 25.8 Å². The molecule has 0 bridgehead atoms. The second kappa shape index (κ2) is 6.11. The summed E-state index contributed by atoms with van der Waals surface area (Å²) in [4.78, 5) is 23.8. The number of rotatable bonds is 2. The van der Waals surface area contributed by atoms with Crippen molar-refractivity contribution in [3.63, 3.8) is 0 Å². The minimum atomic E-state index is -0.0387. The van der Waals surface area contributed by atoms with E-state index < -0.39 is 0 Å². The number of aromatic nitrogens is 2. The van der Waals surface area contributed by atoms with Crippen molar-refractivity contribution in [3.8, 4) is 11.5 Å². The number of benzene rings is 1. The average Bonchev–Trinajstić information content (AvgIpc) is 3.10. The van der Waals surface area contributed by atoms with Crippen molar-refractivity contribution in [1.82, 2.24) is 14.9 Å². The predicted molar refractivity (Wildman–Crippen MR) is 87.2 cm³/mol. The molecule has 4 rings (SSSR count). The largest absolute Gasteiger partial charge is 0.486 e. The number of nitrogens with zero attached hydrogens (tertiary/aromatic N) is 3. The molecule has 1 amide bonds. The Morgan fingerprint density at radius 1 is 1.25 bits per heavy atom. The number of amides is 1. The van der Waals surface area contributed by atoms with E-state index in [1.807, 2.05) is 24.0 Å².